The minimum atomic E-state index is 0.137. The quantitative estimate of drug-likeness (QED) is 0.592. The Morgan fingerprint density at radius 2 is 1.88 bits per heavy atom. The van der Waals surface area contributed by atoms with Gasteiger partial charge in [-0.05, 0) is 43.1 Å². The van der Waals surface area contributed by atoms with Crippen LogP contribution in [-0.4, -0.2) is 60.5 Å². The number of thiazole rings is 1. The van der Waals surface area contributed by atoms with E-state index in [1.807, 2.05) is 16.3 Å². The van der Waals surface area contributed by atoms with Gasteiger partial charge in [-0.2, -0.15) is 0 Å². The predicted octanol–water partition coefficient (Wildman–Crippen LogP) is 4.08. The van der Waals surface area contributed by atoms with Crippen molar-refractivity contribution < 1.29 is 4.79 Å². The summed E-state index contributed by atoms with van der Waals surface area (Å²) in [6.45, 7) is 6.26. The molecule has 0 bridgehead atoms. The van der Waals surface area contributed by atoms with Gasteiger partial charge in [0.05, 0.1) is 12.1 Å². The van der Waals surface area contributed by atoms with E-state index in [4.69, 9.17) is 4.98 Å². The summed E-state index contributed by atoms with van der Waals surface area (Å²) in [5.74, 6) is 0.137. The average molecular weight is 447 g/mol. The average Bonchev–Trinajstić information content (AvgIpc) is 3.29. The highest BCUT2D eigenvalue weighted by Gasteiger charge is 2.23. The number of fused-ring (bicyclic) bond motifs is 1. The summed E-state index contributed by atoms with van der Waals surface area (Å²) in [4.78, 5) is 24.7. The summed E-state index contributed by atoms with van der Waals surface area (Å²) in [6.07, 6.45) is 2.42. The van der Waals surface area contributed by atoms with E-state index < -0.39 is 0 Å². The molecule has 0 radical (unpaired) electrons. The van der Waals surface area contributed by atoms with Crippen molar-refractivity contribution in [2.75, 3.05) is 44.7 Å². The zero-order valence-electron chi connectivity index (χ0n) is 18.7. The Labute approximate surface area is 194 Å². The molecule has 32 heavy (non-hydrogen) atoms. The van der Waals surface area contributed by atoms with Gasteiger partial charge in [0, 0.05) is 55.9 Å². The minimum Gasteiger partial charge on any atom is -0.312 e. The van der Waals surface area contributed by atoms with Crippen LogP contribution < -0.4 is 4.90 Å². The Kier molecular flexibility index (Phi) is 6.35. The van der Waals surface area contributed by atoms with Crippen LogP contribution in [0.25, 0.3) is 10.6 Å². The molecule has 5 rings (SSSR count). The Bertz CT molecular complexity index is 1090. The van der Waals surface area contributed by atoms with Gasteiger partial charge in [-0.25, -0.2) is 4.98 Å². The monoisotopic (exact) mass is 446 g/mol. The normalized spacial score (nSPS) is 17.3. The van der Waals surface area contributed by atoms with E-state index in [-0.39, 0.29) is 5.91 Å². The third-order valence-corrected chi connectivity index (χ3v) is 7.41. The lowest BCUT2D eigenvalue weighted by atomic mass is 10.0. The number of likely N-dealkylation sites (N-methyl/N-ethyl adjacent to an activating group) is 1. The molecule has 166 valence electrons. The first-order chi connectivity index (χ1) is 15.7. The van der Waals surface area contributed by atoms with Crippen molar-refractivity contribution in [3.63, 3.8) is 0 Å². The molecule has 2 aromatic carbocycles. The molecule has 0 unspecified atom stereocenters. The Morgan fingerprint density at radius 3 is 2.75 bits per heavy atom. The molecule has 0 saturated carbocycles. The number of hydrogen-bond donors (Lipinski definition) is 0. The van der Waals surface area contributed by atoms with Gasteiger partial charge in [0.15, 0.2) is 0 Å². The van der Waals surface area contributed by atoms with Crippen molar-refractivity contribution in [1.82, 2.24) is 14.8 Å². The maximum atomic E-state index is 13.1. The van der Waals surface area contributed by atoms with E-state index in [0.717, 1.165) is 74.1 Å². The lowest BCUT2D eigenvalue weighted by molar-refractivity contribution is -0.118. The fraction of sp³-hybridized carbons (Fsp3) is 0.385. The maximum Gasteiger partial charge on any atom is 0.233 e. The SMILES string of the molecule is CN1CCN(Cc2cccc(-c3nc(CC(=O)N4CCCc5ccccc54)cs3)c2)CC1. The van der Waals surface area contributed by atoms with Crippen LogP contribution in [0.15, 0.2) is 53.9 Å². The van der Waals surface area contributed by atoms with E-state index in [2.05, 4.69) is 59.3 Å². The van der Waals surface area contributed by atoms with Crippen LogP contribution in [0.2, 0.25) is 0 Å². The zero-order chi connectivity index (χ0) is 21.9. The number of carbonyl (C=O) groups is 1. The smallest absolute Gasteiger partial charge is 0.233 e. The predicted molar refractivity (Wildman–Crippen MR) is 131 cm³/mol. The van der Waals surface area contributed by atoms with Crippen LogP contribution in [0.4, 0.5) is 5.69 Å². The summed E-state index contributed by atoms with van der Waals surface area (Å²) < 4.78 is 0. The Hall–Kier alpha value is -2.54. The highest BCUT2D eigenvalue weighted by atomic mass is 32.1. The first kappa shape index (κ1) is 21.3. The number of carbonyl (C=O) groups excluding carboxylic acids is 1. The van der Waals surface area contributed by atoms with Crippen LogP contribution in [0, 0.1) is 0 Å². The van der Waals surface area contributed by atoms with Gasteiger partial charge in [0.1, 0.15) is 5.01 Å². The van der Waals surface area contributed by atoms with Crippen LogP contribution >= 0.6 is 11.3 Å². The van der Waals surface area contributed by atoms with Crippen molar-refractivity contribution >= 4 is 22.9 Å². The molecule has 6 heteroatoms. The number of hydrogen-bond acceptors (Lipinski definition) is 5. The second kappa shape index (κ2) is 9.53. The molecular formula is C26H30N4OS. The summed E-state index contributed by atoms with van der Waals surface area (Å²) in [6, 6.07) is 17.0. The van der Waals surface area contributed by atoms with Gasteiger partial charge in [0.2, 0.25) is 5.91 Å². The second-order valence-corrected chi connectivity index (χ2v) is 9.74. The van der Waals surface area contributed by atoms with Crippen LogP contribution in [0.5, 0.6) is 0 Å². The fourth-order valence-electron chi connectivity index (χ4n) is 4.63. The Morgan fingerprint density at radius 1 is 1.03 bits per heavy atom. The van der Waals surface area contributed by atoms with Crippen LogP contribution in [0.3, 0.4) is 0 Å². The number of benzene rings is 2. The third-order valence-electron chi connectivity index (χ3n) is 6.47. The first-order valence-electron chi connectivity index (χ1n) is 11.5. The highest BCUT2D eigenvalue weighted by Crippen LogP contribution is 2.29. The summed E-state index contributed by atoms with van der Waals surface area (Å²) >= 11 is 1.63. The maximum absolute atomic E-state index is 13.1. The number of piperazine rings is 1. The summed E-state index contributed by atoms with van der Waals surface area (Å²) in [7, 11) is 2.19. The highest BCUT2D eigenvalue weighted by molar-refractivity contribution is 7.13. The molecule has 1 saturated heterocycles. The molecule has 3 heterocycles. The van der Waals surface area contributed by atoms with Crippen molar-refractivity contribution in [3.8, 4) is 10.6 Å². The van der Waals surface area contributed by atoms with E-state index in [0.29, 0.717) is 6.42 Å². The molecule has 5 nitrogen and oxygen atoms in total. The van der Waals surface area contributed by atoms with Gasteiger partial charge in [-0.3, -0.25) is 9.69 Å². The molecule has 0 atom stereocenters. The van der Waals surface area contributed by atoms with Crippen molar-refractivity contribution in [3.05, 3.63) is 70.7 Å². The zero-order valence-corrected chi connectivity index (χ0v) is 19.5. The third kappa shape index (κ3) is 4.77. The van der Waals surface area contributed by atoms with Crippen LogP contribution in [0.1, 0.15) is 23.2 Å². The van der Waals surface area contributed by atoms with Gasteiger partial charge in [-0.15, -0.1) is 11.3 Å². The van der Waals surface area contributed by atoms with Gasteiger partial charge in [0.25, 0.3) is 0 Å². The van der Waals surface area contributed by atoms with Crippen molar-refractivity contribution in [2.24, 2.45) is 0 Å². The molecule has 3 aromatic rings. The van der Waals surface area contributed by atoms with Gasteiger partial charge < -0.3 is 9.80 Å². The first-order valence-corrected chi connectivity index (χ1v) is 12.4. The summed E-state index contributed by atoms with van der Waals surface area (Å²) in [5, 5.41) is 3.03. The topological polar surface area (TPSA) is 39.7 Å². The minimum absolute atomic E-state index is 0.137. The molecule has 1 aromatic heterocycles. The number of amides is 1. The van der Waals surface area contributed by atoms with E-state index in [9.17, 15) is 4.79 Å². The molecule has 2 aliphatic heterocycles. The number of para-hydroxylation sites is 1. The number of aromatic nitrogens is 1. The number of anilines is 1. The number of nitrogens with zero attached hydrogens (tertiary/aromatic N) is 4. The lowest BCUT2D eigenvalue weighted by Gasteiger charge is -2.32. The standard InChI is InChI=1S/C26H30N4OS/c1-28-12-14-29(15-13-28)18-20-6-4-8-22(16-20)26-27-23(19-32-26)17-25(31)30-11-5-9-21-7-2-3-10-24(21)30/h2-4,6-8,10,16,19H,5,9,11-15,17-18H2,1H3. The molecule has 1 fully saturated rings. The molecular weight excluding hydrogens is 416 g/mol. The lowest BCUT2D eigenvalue weighted by Crippen LogP contribution is -2.43. The van der Waals surface area contributed by atoms with Crippen molar-refractivity contribution in [1.29, 1.82) is 0 Å². The van der Waals surface area contributed by atoms with Crippen LogP contribution in [-0.2, 0) is 24.2 Å². The molecule has 0 spiro atoms. The largest absolute Gasteiger partial charge is 0.312 e. The molecule has 1 amide bonds. The van der Waals surface area contributed by atoms with E-state index in [1.54, 1.807) is 11.3 Å². The van der Waals surface area contributed by atoms with E-state index >= 15 is 0 Å². The fourth-order valence-corrected chi connectivity index (χ4v) is 5.45. The summed E-state index contributed by atoms with van der Waals surface area (Å²) in [5.41, 5.74) is 5.66. The molecule has 0 N–H and O–H groups in total. The van der Waals surface area contributed by atoms with Crippen molar-refractivity contribution in [2.45, 2.75) is 25.8 Å². The van der Waals surface area contributed by atoms with Gasteiger partial charge >= 0.3 is 0 Å². The molecule has 0 aliphatic carbocycles. The number of aryl methyl sites for hydroxylation is 1. The number of rotatable bonds is 5. The van der Waals surface area contributed by atoms with Gasteiger partial charge in [-0.1, -0.05) is 36.4 Å². The molecule has 2 aliphatic rings. The Balaban J connectivity index is 1.26. The van der Waals surface area contributed by atoms with E-state index in [1.165, 1.54) is 11.1 Å². The second-order valence-electron chi connectivity index (χ2n) is 8.88.